The molecule has 0 radical (unpaired) electrons. The minimum Gasteiger partial charge on any atom is -0.457 e. The van der Waals surface area contributed by atoms with E-state index in [0.29, 0.717) is 16.7 Å². The second-order valence-corrected chi connectivity index (χ2v) is 6.82. The average molecular weight is 396 g/mol. The summed E-state index contributed by atoms with van der Waals surface area (Å²) in [5.74, 6) is -0.469. The van der Waals surface area contributed by atoms with Gasteiger partial charge in [-0.05, 0) is 47.2 Å². The molecular formula is C24H16N2O4. The Balaban J connectivity index is 1.44. The van der Waals surface area contributed by atoms with Crippen molar-refractivity contribution in [1.82, 2.24) is 9.78 Å². The molecule has 0 N–H and O–H groups in total. The van der Waals surface area contributed by atoms with Crippen LogP contribution in [-0.4, -0.2) is 15.7 Å². The summed E-state index contributed by atoms with van der Waals surface area (Å²) in [7, 11) is 0. The normalized spacial score (nSPS) is 11.1. The van der Waals surface area contributed by atoms with E-state index in [9.17, 15) is 9.59 Å². The molecule has 6 heteroatoms. The van der Waals surface area contributed by atoms with Gasteiger partial charge < -0.3 is 9.15 Å². The van der Waals surface area contributed by atoms with Crippen LogP contribution in [0.25, 0.3) is 27.4 Å². The molecule has 0 saturated heterocycles. The summed E-state index contributed by atoms with van der Waals surface area (Å²) in [5, 5.41) is 6.89. The van der Waals surface area contributed by atoms with Crippen molar-refractivity contribution in [2.45, 2.75) is 6.61 Å². The van der Waals surface area contributed by atoms with Crippen LogP contribution < -0.4 is 5.63 Å². The minimum atomic E-state index is -0.479. The first-order valence-electron chi connectivity index (χ1n) is 9.41. The van der Waals surface area contributed by atoms with Crippen molar-refractivity contribution in [2.24, 2.45) is 0 Å². The Morgan fingerprint density at radius 2 is 1.83 bits per heavy atom. The number of benzene rings is 3. The summed E-state index contributed by atoms with van der Waals surface area (Å²) < 4.78 is 12.6. The highest BCUT2D eigenvalue weighted by atomic mass is 16.5. The molecule has 0 aliphatic rings. The molecule has 0 spiro atoms. The molecule has 0 atom stereocenters. The van der Waals surface area contributed by atoms with Gasteiger partial charge in [0.25, 0.3) is 0 Å². The lowest BCUT2D eigenvalue weighted by molar-refractivity contribution is 0.0474. The number of rotatable bonds is 4. The van der Waals surface area contributed by atoms with Gasteiger partial charge in [0, 0.05) is 29.4 Å². The monoisotopic (exact) mass is 396 g/mol. The Morgan fingerprint density at radius 3 is 2.63 bits per heavy atom. The van der Waals surface area contributed by atoms with E-state index in [1.54, 1.807) is 41.2 Å². The number of esters is 1. The van der Waals surface area contributed by atoms with E-state index in [-0.39, 0.29) is 6.61 Å². The topological polar surface area (TPSA) is 74.3 Å². The number of aromatic nitrogens is 2. The summed E-state index contributed by atoms with van der Waals surface area (Å²) in [5.41, 5.74) is 1.86. The first-order chi connectivity index (χ1) is 14.7. The highest BCUT2D eigenvalue weighted by Crippen LogP contribution is 2.28. The molecule has 2 heterocycles. The van der Waals surface area contributed by atoms with Crippen molar-refractivity contribution >= 4 is 27.7 Å². The van der Waals surface area contributed by atoms with Gasteiger partial charge >= 0.3 is 11.6 Å². The summed E-state index contributed by atoms with van der Waals surface area (Å²) in [6.45, 7) is -0.0319. The van der Waals surface area contributed by atoms with Gasteiger partial charge in [0.1, 0.15) is 12.2 Å². The van der Waals surface area contributed by atoms with Crippen molar-refractivity contribution in [2.75, 3.05) is 0 Å². The summed E-state index contributed by atoms with van der Waals surface area (Å²) in [6, 6.07) is 21.6. The Labute approximate surface area is 170 Å². The molecule has 3 aromatic carbocycles. The second-order valence-electron chi connectivity index (χ2n) is 6.82. The lowest BCUT2D eigenvalue weighted by Crippen LogP contribution is -2.08. The third-order valence-corrected chi connectivity index (χ3v) is 4.95. The fraction of sp³-hybridized carbons (Fsp3) is 0.0417. The van der Waals surface area contributed by atoms with E-state index in [0.717, 1.165) is 21.8 Å². The molecule has 5 aromatic rings. The molecule has 5 rings (SSSR count). The Bertz CT molecular complexity index is 1420. The largest absolute Gasteiger partial charge is 0.457 e. The van der Waals surface area contributed by atoms with Crippen molar-refractivity contribution in [3.05, 3.63) is 107 Å². The van der Waals surface area contributed by atoms with Gasteiger partial charge in [-0.15, -0.1) is 0 Å². The number of nitrogens with zero attached hydrogens (tertiary/aromatic N) is 2. The van der Waals surface area contributed by atoms with Gasteiger partial charge in [0.05, 0.1) is 11.3 Å². The maximum absolute atomic E-state index is 12.6. The molecule has 0 amide bonds. The zero-order chi connectivity index (χ0) is 20.5. The summed E-state index contributed by atoms with van der Waals surface area (Å²) in [6.07, 6.45) is 3.51. The van der Waals surface area contributed by atoms with Crippen LogP contribution in [0.2, 0.25) is 0 Å². The van der Waals surface area contributed by atoms with E-state index in [4.69, 9.17) is 9.15 Å². The second kappa shape index (κ2) is 7.33. The quantitative estimate of drug-likeness (QED) is 0.254. The smallest absolute Gasteiger partial charge is 0.338 e. The van der Waals surface area contributed by atoms with Crippen molar-refractivity contribution in [3.8, 4) is 5.69 Å². The fourth-order valence-electron chi connectivity index (χ4n) is 3.53. The summed E-state index contributed by atoms with van der Waals surface area (Å²) >= 11 is 0. The van der Waals surface area contributed by atoms with Crippen molar-refractivity contribution in [3.63, 3.8) is 0 Å². The zero-order valence-corrected chi connectivity index (χ0v) is 15.8. The van der Waals surface area contributed by atoms with Crippen LogP contribution in [0.3, 0.4) is 0 Å². The molecule has 0 aliphatic carbocycles. The molecule has 0 fully saturated rings. The van der Waals surface area contributed by atoms with Crippen molar-refractivity contribution in [1.29, 1.82) is 0 Å². The average Bonchev–Trinajstić information content (AvgIpc) is 3.32. The standard InChI is InChI=1S/C24H16N2O4/c27-22-14-18(23-20-5-2-1-4-16(20)8-11-21(23)30-22)15-29-24(28)17-6-9-19(10-7-17)26-13-3-12-25-26/h1-14H,15H2. The van der Waals surface area contributed by atoms with Gasteiger partial charge in [-0.25, -0.2) is 14.3 Å². The van der Waals surface area contributed by atoms with Crippen LogP contribution >= 0.6 is 0 Å². The molecule has 30 heavy (non-hydrogen) atoms. The molecule has 0 bridgehead atoms. The predicted molar refractivity (Wildman–Crippen MR) is 113 cm³/mol. The van der Waals surface area contributed by atoms with Crippen molar-refractivity contribution < 1.29 is 13.9 Å². The maximum atomic E-state index is 12.6. The minimum absolute atomic E-state index is 0.0319. The highest BCUT2D eigenvalue weighted by Gasteiger charge is 2.13. The van der Waals surface area contributed by atoms with Crippen LogP contribution in [-0.2, 0) is 11.3 Å². The van der Waals surface area contributed by atoms with E-state index in [1.807, 2.05) is 42.6 Å². The van der Waals surface area contributed by atoms with Gasteiger partial charge in [-0.3, -0.25) is 0 Å². The van der Waals surface area contributed by atoms with Crippen LogP contribution in [0.15, 0.2) is 94.4 Å². The Hall–Kier alpha value is -4.19. The first kappa shape index (κ1) is 17.9. The zero-order valence-electron chi connectivity index (χ0n) is 15.8. The van der Waals surface area contributed by atoms with E-state index >= 15 is 0 Å². The SMILES string of the molecule is O=C(OCc1cc(=O)oc2ccc3ccccc3c12)c1ccc(-n2cccn2)cc1. The molecule has 0 saturated carbocycles. The Kier molecular flexibility index (Phi) is 4.37. The fourth-order valence-corrected chi connectivity index (χ4v) is 3.53. The Morgan fingerprint density at radius 1 is 1.00 bits per heavy atom. The number of hydrogen-bond donors (Lipinski definition) is 0. The summed E-state index contributed by atoms with van der Waals surface area (Å²) in [4.78, 5) is 24.5. The van der Waals surface area contributed by atoms with Gasteiger partial charge in [0.2, 0.25) is 0 Å². The first-order valence-corrected chi connectivity index (χ1v) is 9.41. The van der Waals surface area contributed by atoms with Crippen LogP contribution in [0.5, 0.6) is 0 Å². The molecule has 146 valence electrons. The lowest BCUT2D eigenvalue weighted by Gasteiger charge is -2.10. The molecular weight excluding hydrogens is 380 g/mol. The third-order valence-electron chi connectivity index (χ3n) is 4.95. The number of carbonyl (C=O) groups is 1. The number of ether oxygens (including phenoxy) is 1. The van der Waals surface area contributed by atoms with E-state index < -0.39 is 11.6 Å². The van der Waals surface area contributed by atoms with E-state index in [1.165, 1.54) is 6.07 Å². The molecule has 2 aromatic heterocycles. The van der Waals surface area contributed by atoms with E-state index in [2.05, 4.69) is 5.10 Å². The molecule has 0 unspecified atom stereocenters. The highest BCUT2D eigenvalue weighted by molar-refractivity contribution is 6.07. The third kappa shape index (κ3) is 3.24. The molecule has 0 aliphatic heterocycles. The van der Waals surface area contributed by atoms with Crippen LogP contribution in [0, 0.1) is 0 Å². The van der Waals surface area contributed by atoms with Crippen LogP contribution in [0.1, 0.15) is 15.9 Å². The predicted octanol–water partition coefficient (Wildman–Crippen LogP) is 4.49. The van der Waals surface area contributed by atoms with Gasteiger partial charge in [-0.1, -0.05) is 30.3 Å². The number of carbonyl (C=O) groups excluding carboxylic acids is 1. The van der Waals surface area contributed by atoms with Gasteiger partial charge in [-0.2, -0.15) is 5.10 Å². The lowest BCUT2D eigenvalue weighted by atomic mass is 10.0. The van der Waals surface area contributed by atoms with Crippen LogP contribution in [0.4, 0.5) is 0 Å². The number of hydrogen-bond acceptors (Lipinski definition) is 5. The number of fused-ring (bicyclic) bond motifs is 3. The van der Waals surface area contributed by atoms with Gasteiger partial charge in [0.15, 0.2) is 0 Å². The maximum Gasteiger partial charge on any atom is 0.338 e. The molecule has 6 nitrogen and oxygen atoms in total.